The Morgan fingerprint density at radius 2 is 2.06 bits per heavy atom. The van der Waals surface area contributed by atoms with Gasteiger partial charge in [-0.15, -0.1) is 0 Å². The number of nitrogens with zero attached hydrogens (tertiary/aromatic N) is 2. The van der Waals surface area contributed by atoms with Gasteiger partial charge in [0.2, 0.25) is 0 Å². The molecule has 1 aromatic heterocycles. The molecular weight excluding hydrogens is 224 g/mol. The molecule has 6 heteroatoms. The van der Waals surface area contributed by atoms with E-state index in [1.165, 1.54) is 14.2 Å². The molecule has 0 bridgehead atoms. The van der Waals surface area contributed by atoms with Crippen LogP contribution in [0.15, 0.2) is 28.8 Å². The molecule has 17 heavy (non-hydrogen) atoms. The number of para-hydroxylation sites is 1. The number of hydrogen-bond acceptors (Lipinski definition) is 6. The third-order valence-corrected chi connectivity index (χ3v) is 2.13. The minimum atomic E-state index is -0.644. The molecule has 0 spiro atoms. The molecule has 2 rings (SSSR count). The summed E-state index contributed by atoms with van der Waals surface area (Å²) in [6, 6.07) is 7.14. The number of ether oxygens (including phenoxy) is 2. The van der Waals surface area contributed by atoms with Gasteiger partial charge in [-0.05, 0) is 17.3 Å². The predicted molar refractivity (Wildman–Crippen MR) is 57.6 cm³/mol. The van der Waals surface area contributed by atoms with E-state index in [2.05, 4.69) is 14.9 Å². The number of carbonyl (C=O) groups is 1. The highest BCUT2D eigenvalue weighted by molar-refractivity contribution is 5.85. The van der Waals surface area contributed by atoms with Crippen LogP contribution in [0.3, 0.4) is 0 Å². The van der Waals surface area contributed by atoms with Crippen LogP contribution in [0.1, 0.15) is 10.6 Å². The third kappa shape index (κ3) is 2.10. The second-order valence-electron chi connectivity index (χ2n) is 3.12. The highest BCUT2D eigenvalue weighted by atomic mass is 16.5. The van der Waals surface area contributed by atoms with Crippen molar-refractivity contribution >= 4 is 5.97 Å². The zero-order valence-electron chi connectivity index (χ0n) is 9.34. The molecule has 2 aromatic rings. The first-order chi connectivity index (χ1) is 8.26. The molecule has 0 aliphatic carbocycles. The number of carbonyl (C=O) groups excluding carboxylic acids is 1. The Kier molecular flexibility index (Phi) is 3.04. The Hall–Kier alpha value is -2.37. The smallest absolute Gasteiger partial charge is 0.379 e. The largest absolute Gasteiger partial charge is 0.496 e. The molecule has 1 aromatic carbocycles. The third-order valence-electron chi connectivity index (χ3n) is 2.13. The number of hydrogen-bond donors (Lipinski definition) is 0. The van der Waals surface area contributed by atoms with Gasteiger partial charge in [0.25, 0.3) is 11.7 Å². The minimum absolute atomic E-state index is 0.117. The van der Waals surface area contributed by atoms with E-state index in [1.807, 2.05) is 6.07 Å². The zero-order chi connectivity index (χ0) is 12.3. The lowest BCUT2D eigenvalue weighted by Gasteiger charge is -2.02. The van der Waals surface area contributed by atoms with E-state index in [1.54, 1.807) is 18.2 Å². The van der Waals surface area contributed by atoms with Gasteiger partial charge in [-0.25, -0.2) is 4.79 Å². The summed E-state index contributed by atoms with van der Waals surface area (Å²) in [5, 5.41) is 3.52. The minimum Gasteiger partial charge on any atom is -0.496 e. The van der Waals surface area contributed by atoms with Crippen LogP contribution in [0.5, 0.6) is 5.75 Å². The second-order valence-corrected chi connectivity index (χ2v) is 3.12. The number of benzene rings is 1. The Balaban J connectivity index is 2.40. The highest BCUT2D eigenvalue weighted by Crippen LogP contribution is 2.27. The van der Waals surface area contributed by atoms with Crippen molar-refractivity contribution in [1.82, 2.24) is 10.1 Å². The molecule has 6 nitrogen and oxygen atoms in total. The molecule has 0 amide bonds. The maximum absolute atomic E-state index is 11.2. The molecule has 1 heterocycles. The fraction of sp³-hybridized carbons (Fsp3) is 0.182. The first-order valence-electron chi connectivity index (χ1n) is 4.81. The summed E-state index contributed by atoms with van der Waals surface area (Å²) < 4.78 is 14.6. The Morgan fingerprint density at radius 3 is 2.76 bits per heavy atom. The molecule has 0 N–H and O–H groups in total. The van der Waals surface area contributed by atoms with Gasteiger partial charge in [-0.1, -0.05) is 12.1 Å². The van der Waals surface area contributed by atoms with Gasteiger partial charge in [0.05, 0.1) is 19.8 Å². The summed E-state index contributed by atoms with van der Waals surface area (Å²) in [6.07, 6.45) is 0. The standard InChI is InChI=1S/C11H10N2O4/c1-15-8-6-4-3-5-7(8)10-12-9(13-17-10)11(14)16-2/h3-6H,1-2H3. The highest BCUT2D eigenvalue weighted by Gasteiger charge is 2.17. The normalized spacial score (nSPS) is 10.0. The van der Waals surface area contributed by atoms with Gasteiger partial charge < -0.3 is 14.0 Å². The van der Waals surface area contributed by atoms with Gasteiger partial charge in [0, 0.05) is 0 Å². The molecule has 0 unspecified atom stereocenters. The van der Waals surface area contributed by atoms with Crippen LogP contribution >= 0.6 is 0 Å². The molecule has 0 aliphatic rings. The Bertz CT molecular complexity index is 536. The zero-order valence-corrected chi connectivity index (χ0v) is 9.34. The molecule has 0 saturated carbocycles. The van der Waals surface area contributed by atoms with Gasteiger partial charge in [0.1, 0.15) is 5.75 Å². The van der Waals surface area contributed by atoms with Crippen LogP contribution in [0.25, 0.3) is 11.5 Å². The van der Waals surface area contributed by atoms with E-state index in [9.17, 15) is 4.79 Å². The molecule has 0 saturated heterocycles. The van der Waals surface area contributed by atoms with Crippen molar-refractivity contribution in [3.63, 3.8) is 0 Å². The first kappa shape index (κ1) is 11.1. The number of aromatic nitrogens is 2. The molecule has 0 atom stereocenters. The SMILES string of the molecule is COC(=O)c1noc(-c2ccccc2OC)n1. The lowest BCUT2D eigenvalue weighted by molar-refractivity contribution is 0.0583. The van der Waals surface area contributed by atoms with Crippen LogP contribution in [0, 0.1) is 0 Å². The Labute approximate surface area is 97.2 Å². The van der Waals surface area contributed by atoms with E-state index in [0.29, 0.717) is 11.3 Å². The monoisotopic (exact) mass is 234 g/mol. The number of methoxy groups -OCH3 is 2. The van der Waals surface area contributed by atoms with Crippen molar-refractivity contribution in [2.24, 2.45) is 0 Å². The van der Waals surface area contributed by atoms with E-state index in [-0.39, 0.29) is 11.7 Å². The van der Waals surface area contributed by atoms with Crippen LogP contribution in [0.2, 0.25) is 0 Å². The molecule has 0 fully saturated rings. The quantitative estimate of drug-likeness (QED) is 0.750. The van der Waals surface area contributed by atoms with Crippen LogP contribution in [-0.2, 0) is 4.74 Å². The Morgan fingerprint density at radius 1 is 1.29 bits per heavy atom. The second kappa shape index (κ2) is 4.65. The van der Waals surface area contributed by atoms with Crippen molar-refractivity contribution in [2.45, 2.75) is 0 Å². The fourth-order valence-electron chi connectivity index (χ4n) is 1.33. The number of esters is 1. The van der Waals surface area contributed by atoms with Crippen LogP contribution in [-0.4, -0.2) is 30.3 Å². The average Bonchev–Trinajstić information content (AvgIpc) is 2.87. The molecule has 0 aliphatic heterocycles. The summed E-state index contributed by atoms with van der Waals surface area (Å²) in [5.41, 5.74) is 0.623. The first-order valence-corrected chi connectivity index (χ1v) is 4.81. The summed E-state index contributed by atoms with van der Waals surface area (Å²) in [7, 11) is 2.79. The van der Waals surface area contributed by atoms with Crippen molar-refractivity contribution in [3.8, 4) is 17.2 Å². The van der Waals surface area contributed by atoms with Gasteiger partial charge in [0.15, 0.2) is 0 Å². The van der Waals surface area contributed by atoms with Gasteiger partial charge >= 0.3 is 5.97 Å². The van der Waals surface area contributed by atoms with E-state index in [4.69, 9.17) is 9.26 Å². The summed E-state index contributed by atoms with van der Waals surface area (Å²) in [6.45, 7) is 0. The molecular formula is C11H10N2O4. The average molecular weight is 234 g/mol. The van der Waals surface area contributed by atoms with E-state index < -0.39 is 5.97 Å². The maximum Gasteiger partial charge on any atom is 0.379 e. The van der Waals surface area contributed by atoms with Crippen LogP contribution < -0.4 is 4.74 Å². The van der Waals surface area contributed by atoms with Crippen molar-refractivity contribution in [2.75, 3.05) is 14.2 Å². The lowest BCUT2D eigenvalue weighted by Crippen LogP contribution is -2.03. The van der Waals surface area contributed by atoms with Crippen LogP contribution in [0.4, 0.5) is 0 Å². The van der Waals surface area contributed by atoms with Crippen molar-refractivity contribution < 1.29 is 18.8 Å². The van der Waals surface area contributed by atoms with E-state index >= 15 is 0 Å². The topological polar surface area (TPSA) is 74.5 Å². The molecule has 0 radical (unpaired) electrons. The number of rotatable bonds is 3. The summed E-state index contributed by atoms with van der Waals surface area (Å²) in [5.74, 6) is 0.0405. The maximum atomic E-state index is 11.2. The predicted octanol–water partition coefficient (Wildman–Crippen LogP) is 1.53. The summed E-state index contributed by atoms with van der Waals surface area (Å²) >= 11 is 0. The van der Waals surface area contributed by atoms with Gasteiger partial charge in [-0.2, -0.15) is 4.98 Å². The van der Waals surface area contributed by atoms with Gasteiger partial charge in [-0.3, -0.25) is 0 Å². The lowest BCUT2D eigenvalue weighted by atomic mass is 10.2. The molecule has 88 valence electrons. The fourth-order valence-corrected chi connectivity index (χ4v) is 1.33. The van der Waals surface area contributed by atoms with Crippen molar-refractivity contribution in [1.29, 1.82) is 0 Å². The van der Waals surface area contributed by atoms with E-state index in [0.717, 1.165) is 0 Å². The summed E-state index contributed by atoms with van der Waals surface area (Å²) in [4.78, 5) is 15.1. The van der Waals surface area contributed by atoms with Crippen molar-refractivity contribution in [3.05, 3.63) is 30.1 Å².